The van der Waals surface area contributed by atoms with Crippen LogP contribution < -0.4 is 10.3 Å². The summed E-state index contributed by atoms with van der Waals surface area (Å²) in [6.45, 7) is 3.12. The van der Waals surface area contributed by atoms with Gasteiger partial charge in [0, 0.05) is 38.4 Å². The molecule has 1 aliphatic carbocycles. The number of hydrogen-bond acceptors (Lipinski definition) is 7. The van der Waals surface area contributed by atoms with Gasteiger partial charge in [-0.15, -0.1) is 0 Å². The molecule has 0 atom stereocenters. The summed E-state index contributed by atoms with van der Waals surface area (Å²) in [5.41, 5.74) is -3.48. The number of carbonyl (C=O) groups excluding carboxylic acids is 1. The summed E-state index contributed by atoms with van der Waals surface area (Å²) in [6.07, 6.45) is 2.49. The number of piperazine rings is 1. The molecule has 0 radical (unpaired) electrons. The van der Waals surface area contributed by atoms with E-state index in [1.165, 1.54) is 15.7 Å². The Kier molecular flexibility index (Phi) is 5.38. The van der Waals surface area contributed by atoms with Crippen LogP contribution in [0.1, 0.15) is 36.2 Å². The molecule has 2 fully saturated rings. The first-order chi connectivity index (χ1) is 14.8. The minimum atomic E-state index is -1.43. The molecule has 1 aromatic carbocycles. The van der Waals surface area contributed by atoms with Crippen molar-refractivity contribution in [2.24, 2.45) is 0 Å². The molecular weight excluding hydrogens is 414 g/mol. The molecule has 0 bridgehead atoms. The van der Waals surface area contributed by atoms with Gasteiger partial charge in [-0.1, -0.05) is 0 Å². The number of nitro benzene ring substituents is 1. The second kappa shape index (κ2) is 7.88. The van der Waals surface area contributed by atoms with E-state index in [2.05, 4.69) is 0 Å². The van der Waals surface area contributed by atoms with Crippen LogP contribution in [0.25, 0.3) is 10.9 Å². The monoisotopic (exact) mass is 436 g/mol. The van der Waals surface area contributed by atoms with Gasteiger partial charge in [0.15, 0.2) is 11.5 Å². The fourth-order valence-electron chi connectivity index (χ4n) is 3.98. The SMILES string of the molecule is CCOC(=O)c1cn(C2CC2)c2c(F)c(N3CCN(C)CC3)c([N+](=O)[O-])c(F)c2c1=O. The van der Waals surface area contributed by atoms with Crippen molar-refractivity contribution >= 4 is 28.2 Å². The topological polar surface area (TPSA) is 97.9 Å². The van der Waals surface area contributed by atoms with E-state index < -0.39 is 50.3 Å². The van der Waals surface area contributed by atoms with Gasteiger partial charge >= 0.3 is 11.7 Å². The normalized spacial score (nSPS) is 17.2. The van der Waals surface area contributed by atoms with E-state index in [4.69, 9.17) is 4.74 Å². The van der Waals surface area contributed by atoms with E-state index in [9.17, 15) is 19.7 Å². The Balaban J connectivity index is 2.06. The lowest BCUT2D eigenvalue weighted by molar-refractivity contribution is -0.386. The summed E-state index contributed by atoms with van der Waals surface area (Å²) in [7, 11) is 1.87. The van der Waals surface area contributed by atoms with Gasteiger partial charge in [-0.2, -0.15) is 4.39 Å². The zero-order valence-corrected chi connectivity index (χ0v) is 17.2. The second-order valence-electron chi connectivity index (χ2n) is 7.83. The van der Waals surface area contributed by atoms with Gasteiger partial charge in [-0.25, -0.2) is 9.18 Å². The van der Waals surface area contributed by atoms with Crippen molar-refractivity contribution < 1.29 is 23.2 Å². The summed E-state index contributed by atoms with van der Waals surface area (Å²) < 4.78 is 37.6. The Morgan fingerprint density at radius 1 is 1.23 bits per heavy atom. The van der Waals surface area contributed by atoms with Crippen LogP contribution in [0.3, 0.4) is 0 Å². The van der Waals surface area contributed by atoms with Gasteiger partial charge in [0.25, 0.3) is 0 Å². The van der Waals surface area contributed by atoms with E-state index in [1.807, 2.05) is 11.9 Å². The molecule has 4 rings (SSSR count). The zero-order valence-electron chi connectivity index (χ0n) is 17.2. The molecule has 0 N–H and O–H groups in total. The number of aromatic nitrogens is 1. The van der Waals surface area contributed by atoms with Crippen molar-refractivity contribution in [2.45, 2.75) is 25.8 Å². The average Bonchev–Trinajstić information content (AvgIpc) is 3.56. The van der Waals surface area contributed by atoms with Crippen LogP contribution in [0.4, 0.5) is 20.2 Å². The highest BCUT2D eigenvalue weighted by Gasteiger charge is 2.38. The molecule has 1 aromatic heterocycles. The number of nitrogens with zero attached hydrogens (tertiary/aromatic N) is 4. The second-order valence-corrected chi connectivity index (χ2v) is 7.83. The van der Waals surface area contributed by atoms with Crippen LogP contribution in [-0.4, -0.2) is 60.2 Å². The molecule has 9 nitrogen and oxygen atoms in total. The first-order valence-electron chi connectivity index (χ1n) is 10.1. The molecule has 0 unspecified atom stereocenters. The third-order valence-electron chi connectivity index (χ3n) is 5.74. The highest BCUT2D eigenvalue weighted by Crippen LogP contribution is 2.43. The van der Waals surface area contributed by atoms with Crippen molar-refractivity contribution in [3.8, 4) is 0 Å². The zero-order chi connectivity index (χ0) is 22.4. The largest absolute Gasteiger partial charge is 0.462 e. The van der Waals surface area contributed by atoms with Crippen LogP contribution >= 0.6 is 0 Å². The maximum absolute atomic E-state index is 15.9. The summed E-state index contributed by atoms with van der Waals surface area (Å²) in [5.74, 6) is -3.43. The number of rotatable bonds is 5. The molecule has 2 heterocycles. The minimum Gasteiger partial charge on any atom is -0.462 e. The van der Waals surface area contributed by atoms with Gasteiger partial charge in [0.2, 0.25) is 11.2 Å². The Morgan fingerprint density at radius 2 is 1.87 bits per heavy atom. The van der Waals surface area contributed by atoms with E-state index in [0.717, 1.165) is 0 Å². The number of esters is 1. The van der Waals surface area contributed by atoms with Crippen LogP contribution in [-0.2, 0) is 4.74 Å². The minimum absolute atomic E-state index is 0.0148. The van der Waals surface area contributed by atoms with E-state index in [-0.39, 0.29) is 31.3 Å². The number of benzene rings is 1. The van der Waals surface area contributed by atoms with Gasteiger partial charge in [0.05, 0.1) is 22.4 Å². The summed E-state index contributed by atoms with van der Waals surface area (Å²) in [4.78, 5) is 39.4. The van der Waals surface area contributed by atoms with Crippen LogP contribution in [0.5, 0.6) is 0 Å². The Labute approximate surface area is 175 Å². The number of fused-ring (bicyclic) bond motifs is 1. The van der Waals surface area contributed by atoms with Gasteiger partial charge in [-0.05, 0) is 26.8 Å². The Morgan fingerprint density at radius 3 is 2.42 bits per heavy atom. The fraction of sp³-hybridized carbons (Fsp3) is 0.500. The van der Waals surface area contributed by atoms with Crippen LogP contribution in [0.15, 0.2) is 11.0 Å². The average molecular weight is 436 g/mol. The first kappa shape index (κ1) is 21.2. The number of nitro groups is 1. The molecule has 2 aliphatic rings. The van der Waals surface area contributed by atoms with Crippen LogP contribution in [0.2, 0.25) is 0 Å². The third kappa shape index (κ3) is 3.52. The van der Waals surface area contributed by atoms with Crippen molar-refractivity contribution in [1.29, 1.82) is 0 Å². The molecule has 1 saturated heterocycles. The lowest BCUT2D eigenvalue weighted by Crippen LogP contribution is -2.45. The quantitative estimate of drug-likeness (QED) is 0.403. The maximum Gasteiger partial charge on any atom is 0.343 e. The van der Waals surface area contributed by atoms with Crippen molar-refractivity contribution in [2.75, 3.05) is 44.7 Å². The molecule has 0 spiro atoms. The lowest BCUT2D eigenvalue weighted by atomic mass is 10.1. The summed E-state index contributed by atoms with van der Waals surface area (Å²) >= 11 is 0. The van der Waals surface area contributed by atoms with Crippen molar-refractivity contribution in [3.63, 3.8) is 0 Å². The number of hydrogen-bond donors (Lipinski definition) is 0. The van der Waals surface area contributed by atoms with E-state index in [1.54, 1.807) is 6.92 Å². The highest BCUT2D eigenvalue weighted by molar-refractivity contribution is 5.97. The smallest absolute Gasteiger partial charge is 0.343 e. The molecule has 1 aliphatic heterocycles. The first-order valence-corrected chi connectivity index (χ1v) is 10.1. The van der Waals surface area contributed by atoms with E-state index >= 15 is 8.78 Å². The highest BCUT2D eigenvalue weighted by atomic mass is 19.1. The number of carbonyl (C=O) groups is 1. The molecule has 11 heteroatoms. The third-order valence-corrected chi connectivity index (χ3v) is 5.74. The molecule has 2 aromatic rings. The number of halogens is 2. The van der Waals surface area contributed by atoms with Crippen molar-refractivity contribution in [1.82, 2.24) is 9.47 Å². The summed E-state index contributed by atoms with van der Waals surface area (Å²) in [6, 6.07) is -0.230. The van der Waals surface area contributed by atoms with Crippen molar-refractivity contribution in [3.05, 3.63) is 43.7 Å². The number of anilines is 1. The molecule has 166 valence electrons. The van der Waals surface area contributed by atoms with Gasteiger partial charge in [0.1, 0.15) is 5.56 Å². The Bertz CT molecular complexity index is 1140. The number of likely N-dealkylation sites (N-methyl/N-ethyl adjacent to an activating group) is 1. The predicted octanol–water partition coefficient (Wildman–Crippen LogP) is 2.45. The summed E-state index contributed by atoms with van der Waals surface area (Å²) in [5, 5.41) is 11.0. The molecular formula is C20H22F2N4O5. The maximum atomic E-state index is 15.9. The van der Waals surface area contributed by atoms with Crippen LogP contribution in [0, 0.1) is 21.7 Å². The molecule has 0 amide bonds. The Hall–Kier alpha value is -3.08. The molecule has 1 saturated carbocycles. The predicted molar refractivity (Wildman–Crippen MR) is 109 cm³/mol. The number of pyridine rings is 1. The molecule has 31 heavy (non-hydrogen) atoms. The lowest BCUT2D eigenvalue weighted by Gasteiger charge is -2.34. The van der Waals surface area contributed by atoms with Gasteiger partial charge in [-0.3, -0.25) is 14.9 Å². The number of ether oxygens (including phenoxy) is 1. The van der Waals surface area contributed by atoms with Gasteiger partial charge < -0.3 is 19.1 Å². The fourth-order valence-corrected chi connectivity index (χ4v) is 3.98. The standard InChI is InChI=1S/C20H22F2N4O5/c1-3-31-20(28)12-10-25(11-4-5-11)16-13(19(12)27)14(21)18(26(29)30)17(15(16)22)24-8-6-23(2)7-9-24/h10-11H,3-9H2,1-2H3. The van der Waals surface area contributed by atoms with E-state index in [0.29, 0.717) is 25.9 Å².